The molecule has 0 saturated heterocycles. The van der Waals surface area contributed by atoms with E-state index in [9.17, 15) is 0 Å². The van der Waals surface area contributed by atoms with Gasteiger partial charge in [0, 0.05) is 13.1 Å². The van der Waals surface area contributed by atoms with Gasteiger partial charge in [-0.05, 0) is 32.4 Å². The van der Waals surface area contributed by atoms with E-state index in [1.165, 1.54) is 17.0 Å². The zero-order valence-corrected chi connectivity index (χ0v) is 7.72. The molecule has 0 aliphatic carbocycles. The predicted octanol–water partition coefficient (Wildman–Crippen LogP) is 0.857. The highest BCUT2D eigenvalue weighted by Crippen LogP contribution is 2.17. The summed E-state index contributed by atoms with van der Waals surface area (Å²) in [6.45, 7) is 7.32. The quantitative estimate of drug-likeness (QED) is 0.668. The largest absolute Gasteiger partial charge is 0.311 e. The van der Waals surface area contributed by atoms with Crippen LogP contribution in [0.4, 0.5) is 0 Å². The molecule has 0 saturated carbocycles. The van der Waals surface area contributed by atoms with Gasteiger partial charge in [-0.3, -0.25) is 4.68 Å². The number of hydrogen-bond donors (Lipinski definition) is 1. The molecule has 0 spiro atoms. The number of hydrogen-bond acceptors (Lipinski definition) is 2. The Morgan fingerprint density at radius 1 is 1.58 bits per heavy atom. The highest BCUT2D eigenvalue weighted by atomic mass is 15.3. The van der Waals surface area contributed by atoms with Gasteiger partial charge in [-0.2, -0.15) is 5.10 Å². The number of rotatable bonds is 1. The van der Waals surface area contributed by atoms with Crippen LogP contribution in [0.3, 0.4) is 0 Å². The molecule has 3 nitrogen and oxygen atoms in total. The summed E-state index contributed by atoms with van der Waals surface area (Å²) < 4.78 is 2.11. The molecule has 1 N–H and O–H groups in total. The van der Waals surface area contributed by atoms with E-state index in [0.29, 0.717) is 0 Å². The molecule has 2 rings (SSSR count). The second kappa shape index (κ2) is 2.90. The van der Waals surface area contributed by atoms with Gasteiger partial charge < -0.3 is 5.32 Å². The minimum absolute atomic E-state index is 0.984. The van der Waals surface area contributed by atoms with E-state index in [2.05, 4.69) is 28.9 Å². The minimum atomic E-state index is 0.984. The molecular formula is C9H15N3. The van der Waals surface area contributed by atoms with Crippen molar-refractivity contribution in [1.29, 1.82) is 0 Å². The van der Waals surface area contributed by atoms with Crippen LogP contribution in [0.1, 0.15) is 23.9 Å². The summed E-state index contributed by atoms with van der Waals surface area (Å²) in [4.78, 5) is 0. The van der Waals surface area contributed by atoms with E-state index in [1.807, 2.05) is 0 Å². The zero-order chi connectivity index (χ0) is 8.55. The van der Waals surface area contributed by atoms with Crippen molar-refractivity contribution in [3.8, 4) is 0 Å². The normalized spacial score (nSPS) is 16.2. The first-order valence-corrected chi connectivity index (χ1v) is 4.58. The average Bonchev–Trinajstić information content (AvgIpc) is 2.44. The number of aryl methyl sites for hydroxylation is 2. The zero-order valence-electron chi connectivity index (χ0n) is 7.72. The Hall–Kier alpha value is -0.830. The maximum atomic E-state index is 4.49. The third-order valence-electron chi connectivity index (χ3n) is 2.51. The highest BCUT2D eigenvalue weighted by molar-refractivity contribution is 5.27. The molecule has 0 aromatic carbocycles. The van der Waals surface area contributed by atoms with Crippen molar-refractivity contribution in [3.63, 3.8) is 0 Å². The Balaban J connectivity index is 2.47. The number of fused-ring (bicyclic) bond motifs is 1. The van der Waals surface area contributed by atoms with Crippen molar-refractivity contribution in [2.45, 2.75) is 33.4 Å². The molecule has 0 fully saturated rings. The number of nitrogens with zero attached hydrogens (tertiary/aromatic N) is 2. The predicted molar refractivity (Wildman–Crippen MR) is 48.0 cm³/mol. The molecular weight excluding hydrogens is 150 g/mol. The molecule has 1 aromatic rings. The van der Waals surface area contributed by atoms with Crippen LogP contribution in [0, 0.1) is 6.92 Å². The first-order chi connectivity index (χ1) is 5.83. The van der Waals surface area contributed by atoms with E-state index in [-0.39, 0.29) is 0 Å². The van der Waals surface area contributed by atoms with Gasteiger partial charge in [0.2, 0.25) is 0 Å². The molecule has 66 valence electrons. The van der Waals surface area contributed by atoms with Crippen molar-refractivity contribution >= 4 is 0 Å². The first-order valence-electron chi connectivity index (χ1n) is 4.58. The summed E-state index contributed by atoms with van der Waals surface area (Å²) in [6.07, 6.45) is 1.14. The van der Waals surface area contributed by atoms with E-state index in [0.717, 1.165) is 26.1 Å². The van der Waals surface area contributed by atoms with E-state index in [4.69, 9.17) is 0 Å². The summed E-state index contributed by atoms with van der Waals surface area (Å²) in [5.74, 6) is 0. The number of nitrogens with one attached hydrogen (secondary N) is 1. The molecule has 0 bridgehead atoms. The Labute approximate surface area is 72.8 Å². The summed E-state index contributed by atoms with van der Waals surface area (Å²) in [5, 5.41) is 7.86. The summed E-state index contributed by atoms with van der Waals surface area (Å²) in [6, 6.07) is 0. The van der Waals surface area contributed by atoms with Crippen LogP contribution >= 0.6 is 0 Å². The lowest BCUT2D eigenvalue weighted by Crippen LogP contribution is -2.25. The number of aromatic nitrogens is 2. The van der Waals surface area contributed by atoms with E-state index < -0.39 is 0 Å². The van der Waals surface area contributed by atoms with Crippen molar-refractivity contribution in [2.24, 2.45) is 0 Å². The Morgan fingerprint density at radius 2 is 2.42 bits per heavy atom. The lowest BCUT2D eigenvalue weighted by molar-refractivity contribution is 0.559. The van der Waals surface area contributed by atoms with Crippen molar-refractivity contribution < 1.29 is 0 Å². The van der Waals surface area contributed by atoms with Gasteiger partial charge >= 0.3 is 0 Å². The smallest absolute Gasteiger partial charge is 0.0629 e. The standard InChI is InChI=1S/C9H15N3/c1-3-12-9-6-10-5-4-8(9)7(2)11-12/h10H,3-6H2,1-2H3. The summed E-state index contributed by atoms with van der Waals surface area (Å²) in [5.41, 5.74) is 4.07. The van der Waals surface area contributed by atoms with Crippen molar-refractivity contribution in [3.05, 3.63) is 17.0 Å². The third-order valence-corrected chi connectivity index (χ3v) is 2.51. The minimum Gasteiger partial charge on any atom is -0.311 e. The van der Waals surface area contributed by atoms with Gasteiger partial charge in [-0.25, -0.2) is 0 Å². The van der Waals surface area contributed by atoms with Crippen LogP contribution in [-0.2, 0) is 19.5 Å². The summed E-state index contributed by atoms with van der Waals surface area (Å²) >= 11 is 0. The first kappa shape index (κ1) is 7.80. The fourth-order valence-corrected chi connectivity index (χ4v) is 1.87. The van der Waals surface area contributed by atoms with Gasteiger partial charge in [-0.15, -0.1) is 0 Å². The van der Waals surface area contributed by atoms with Crippen molar-refractivity contribution in [1.82, 2.24) is 15.1 Å². The monoisotopic (exact) mass is 165 g/mol. The van der Waals surface area contributed by atoms with Gasteiger partial charge in [-0.1, -0.05) is 0 Å². The fourth-order valence-electron chi connectivity index (χ4n) is 1.87. The topological polar surface area (TPSA) is 29.9 Å². The molecule has 3 heteroatoms. The SMILES string of the molecule is CCn1nc(C)c2c1CNCC2. The fraction of sp³-hybridized carbons (Fsp3) is 0.667. The molecule has 1 aliphatic heterocycles. The van der Waals surface area contributed by atoms with Crippen LogP contribution in [0.15, 0.2) is 0 Å². The Morgan fingerprint density at radius 3 is 3.17 bits per heavy atom. The third kappa shape index (κ3) is 1.05. The molecule has 1 aliphatic rings. The molecule has 0 atom stereocenters. The van der Waals surface area contributed by atoms with E-state index >= 15 is 0 Å². The second-order valence-corrected chi connectivity index (χ2v) is 3.25. The molecule has 2 heterocycles. The maximum absolute atomic E-state index is 4.49. The van der Waals surface area contributed by atoms with Gasteiger partial charge in [0.1, 0.15) is 0 Å². The lowest BCUT2D eigenvalue weighted by Gasteiger charge is -2.14. The molecule has 0 amide bonds. The van der Waals surface area contributed by atoms with Crippen LogP contribution in [-0.4, -0.2) is 16.3 Å². The molecule has 0 radical (unpaired) electrons. The molecule has 12 heavy (non-hydrogen) atoms. The van der Waals surface area contributed by atoms with Crippen molar-refractivity contribution in [2.75, 3.05) is 6.54 Å². The van der Waals surface area contributed by atoms with Crippen LogP contribution in [0.25, 0.3) is 0 Å². The Kier molecular flexibility index (Phi) is 1.89. The highest BCUT2D eigenvalue weighted by Gasteiger charge is 2.16. The van der Waals surface area contributed by atoms with Gasteiger partial charge in [0.05, 0.1) is 11.4 Å². The maximum Gasteiger partial charge on any atom is 0.0629 e. The van der Waals surface area contributed by atoms with Crippen LogP contribution in [0.5, 0.6) is 0 Å². The van der Waals surface area contributed by atoms with Crippen LogP contribution in [0.2, 0.25) is 0 Å². The van der Waals surface area contributed by atoms with E-state index in [1.54, 1.807) is 0 Å². The Bertz CT molecular complexity index is 288. The lowest BCUT2D eigenvalue weighted by atomic mass is 10.1. The molecule has 0 unspecified atom stereocenters. The molecule has 1 aromatic heterocycles. The average molecular weight is 165 g/mol. The van der Waals surface area contributed by atoms with Gasteiger partial charge in [0.25, 0.3) is 0 Å². The second-order valence-electron chi connectivity index (χ2n) is 3.25. The van der Waals surface area contributed by atoms with Gasteiger partial charge in [0.15, 0.2) is 0 Å². The van der Waals surface area contributed by atoms with Crippen LogP contribution < -0.4 is 5.32 Å². The summed E-state index contributed by atoms with van der Waals surface area (Å²) in [7, 11) is 0.